The van der Waals surface area contributed by atoms with Crippen LogP contribution in [0.3, 0.4) is 0 Å². The first-order chi connectivity index (χ1) is 19.6. The van der Waals surface area contributed by atoms with Gasteiger partial charge in [-0.05, 0) is 50.3 Å². The first-order valence-corrected chi connectivity index (χ1v) is 14.8. The Hall–Kier alpha value is -3.46. The maximum atomic E-state index is 14.3. The van der Waals surface area contributed by atoms with E-state index in [0.29, 0.717) is 54.8 Å². The number of nitrogens with zero attached hydrogens (tertiary/aromatic N) is 3. The highest BCUT2D eigenvalue weighted by Gasteiger charge is 2.45. The number of carbonyl (C=O) groups excluding carboxylic acids is 3. The Balaban J connectivity index is 1.41. The van der Waals surface area contributed by atoms with Gasteiger partial charge in [0.1, 0.15) is 11.3 Å². The summed E-state index contributed by atoms with van der Waals surface area (Å²) in [6, 6.07) is 8.04. The van der Waals surface area contributed by atoms with E-state index in [1.54, 1.807) is 21.9 Å². The van der Waals surface area contributed by atoms with Crippen molar-refractivity contribution in [1.82, 2.24) is 14.8 Å². The SMILES string of the molecule is CC(C)(C)c1cc(-c2ccc(Cl)c(F)c2)nc2cc(C(=O)N3CCN(C(=O)CC4(C(N)=O)CCCC4)CC3(C)C)oc12. The predicted molar refractivity (Wildman–Crippen MR) is 160 cm³/mol. The minimum absolute atomic E-state index is 0.0300. The molecule has 0 unspecified atom stereocenters. The number of fused-ring (bicyclic) bond motifs is 1. The average Bonchev–Trinajstić information content (AvgIpc) is 3.56. The fourth-order valence-electron chi connectivity index (χ4n) is 6.33. The lowest BCUT2D eigenvalue weighted by Crippen LogP contribution is -2.62. The molecule has 224 valence electrons. The van der Waals surface area contributed by atoms with Gasteiger partial charge in [-0.25, -0.2) is 9.37 Å². The van der Waals surface area contributed by atoms with Crippen molar-refractivity contribution < 1.29 is 23.2 Å². The summed E-state index contributed by atoms with van der Waals surface area (Å²) in [5.74, 6) is -1.20. The highest BCUT2D eigenvalue weighted by atomic mass is 35.5. The number of piperazine rings is 1. The van der Waals surface area contributed by atoms with E-state index in [-0.39, 0.29) is 34.4 Å². The molecule has 3 aromatic rings. The number of furan rings is 1. The molecule has 0 spiro atoms. The van der Waals surface area contributed by atoms with Gasteiger partial charge in [0.25, 0.3) is 5.91 Å². The van der Waals surface area contributed by atoms with Gasteiger partial charge in [0.15, 0.2) is 11.3 Å². The summed E-state index contributed by atoms with van der Waals surface area (Å²) in [5, 5.41) is 0.0300. The second kappa shape index (κ2) is 10.7. The van der Waals surface area contributed by atoms with Crippen LogP contribution in [0.1, 0.15) is 82.8 Å². The summed E-state index contributed by atoms with van der Waals surface area (Å²) in [4.78, 5) is 47.5. The molecular formula is C32H38ClFN4O4. The van der Waals surface area contributed by atoms with E-state index >= 15 is 0 Å². The lowest BCUT2D eigenvalue weighted by molar-refractivity contribution is -0.142. The molecule has 3 amide bonds. The Labute approximate surface area is 250 Å². The Morgan fingerprint density at radius 3 is 2.38 bits per heavy atom. The van der Waals surface area contributed by atoms with Crippen LogP contribution in [0.25, 0.3) is 22.4 Å². The number of pyridine rings is 1. The summed E-state index contributed by atoms with van der Waals surface area (Å²) in [6.45, 7) is 10.9. The standard InChI is InChI=1S/C32H38ClFN4O4/c1-30(2,3)20-15-23(19-8-9-21(33)22(34)14-19)36-24-16-25(42-27(20)24)28(40)38-13-12-37(18-31(38,4)5)26(39)17-32(29(35)41)10-6-7-11-32/h8-9,14-16H,6-7,10-13,17-18H2,1-5H3,(H2,35,41). The number of aromatic nitrogens is 1. The van der Waals surface area contributed by atoms with E-state index in [1.165, 1.54) is 12.1 Å². The largest absolute Gasteiger partial charge is 0.449 e. The van der Waals surface area contributed by atoms with Crippen molar-refractivity contribution in [3.05, 3.63) is 52.5 Å². The van der Waals surface area contributed by atoms with E-state index in [4.69, 9.17) is 26.7 Å². The zero-order valence-corrected chi connectivity index (χ0v) is 25.6. The minimum atomic E-state index is -0.767. The number of carbonyl (C=O) groups is 3. The van der Waals surface area contributed by atoms with Crippen molar-refractivity contribution in [3.63, 3.8) is 0 Å². The Morgan fingerprint density at radius 1 is 1.10 bits per heavy atom. The number of hydrogen-bond donors (Lipinski definition) is 1. The molecule has 0 radical (unpaired) electrons. The highest BCUT2D eigenvalue weighted by Crippen LogP contribution is 2.42. The van der Waals surface area contributed by atoms with Gasteiger partial charge < -0.3 is 20.0 Å². The second-order valence-corrected chi connectivity index (χ2v) is 13.8. The van der Waals surface area contributed by atoms with Gasteiger partial charge in [0.2, 0.25) is 11.8 Å². The van der Waals surface area contributed by atoms with Gasteiger partial charge in [0, 0.05) is 43.2 Å². The van der Waals surface area contributed by atoms with Gasteiger partial charge in [-0.15, -0.1) is 0 Å². The summed E-state index contributed by atoms with van der Waals surface area (Å²) in [5.41, 5.74) is 6.85. The molecule has 2 aromatic heterocycles. The zero-order chi connectivity index (χ0) is 30.6. The van der Waals surface area contributed by atoms with Crippen molar-refractivity contribution in [1.29, 1.82) is 0 Å². The van der Waals surface area contributed by atoms with Gasteiger partial charge in [0.05, 0.1) is 21.7 Å². The number of halogens is 2. The molecule has 2 N–H and O–H groups in total. The molecule has 10 heteroatoms. The van der Waals surface area contributed by atoms with Crippen molar-refractivity contribution in [2.45, 2.75) is 77.7 Å². The number of nitrogens with two attached hydrogens (primary N) is 1. The summed E-state index contributed by atoms with van der Waals surface area (Å²) in [6.07, 6.45) is 3.18. The zero-order valence-electron chi connectivity index (χ0n) is 24.9. The van der Waals surface area contributed by atoms with Crippen molar-refractivity contribution >= 4 is 40.4 Å². The first-order valence-electron chi connectivity index (χ1n) is 14.4. The third kappa shape index (κ3) is 5.51. The maximum absolute atomic E-state index is 14.3. The van der Waals surface area contributed by atoms with Crippen molar-refractivity contribution in [2.75, 3.05) is 19.6 Å². The van der Waals surface area contributed by atoms with Crippen LogP contribution < -0.4 is 5.73 Å². The van der Waals surface area contributed by atoms with Crippen LogP contribution in [0.4, 0.5) is 4.39 Å². The fraction of sp³-hybridized carbons (Fsp3) is 0.500. The number of rotatable bonds is 5. The Kier molecular flexibility index (Phi) is 7.62. The monoisotopic (exact) mass is 596 g/mol. The molecule has 2 fully saturated rings. The normalized spacial score (nSPS) is 18.5. The van der Waals surface area contributed by atoms with Gasteiger partial charge in [-0.1, -0.05) is 51.3 Å². The van der Waals surface area contributed by atoms with E-state index in [0.717, 1.165) is 18.4 Å². The number of hydrogen-bond acceptors (Lipinski definition) is 5. The molecule has 0 atom stereocenters. The smallest absolute Gasteiger partial charge is 0.290 e. The molecule has 8 nitrogen and oxygen atoms in total. The third-order valence-electron chi connectivity index (χ3n) is 8.79. The molecule has 0 bridgehead atoms. The van der Waals surface area contributed by atoms with Gasteiger partial charge in [-0.3, -0.25) is 14.4 Å². The Bertz CT molecular complexity index is 1570. The van der Waals surface area contributed by atoms with Crippen LogP contribution in [0, 0.1) is 11.2 Å². The van der Waals surface area contributed by atoms with Crippen LogP contribution in [0.15, 0.2) is 34.7 Å². The quantitative estimate of drug-likeness (QED) is 0.384. The molecule has 1 aliphatic carbocycles. The van der Waals surface area contributed by atoms with Crippen LogP contribution >= 0.6 is 11.6 Å². The Morgan fingerprint density at radius 2 is 1.79 bits per heavy atom. The molecule has 1 saturated carbocycles. The van der Waals surface area contributed by atoms with Crippen LogP contribution in [0.5, 0.6) is 0 Å². The number of amides is 3. The summed E-state index contributed by atoms with van der Waals surface area (Å²) in [7, 11) is 0. The molecule has 2 aliphatic rings. The van der Waals surface area contributed by atoms with E-state index in [1.807, 2.05) is 40.7 Å². The number of primary amides is 1. The summed E-state index contributed by atoms with van der Waals surface area (Å²) >= 11 is 5.89. The molecule has 1 aliphatic heterocycles. The molecule has 1 aromatic carbocycles. The summed E-state index contributed by atoms with van der Waals surface area (Å²) < 4.78 is 20.5. The first kappa shape index (κ1) is 30.0. The van der Waals surface area contributed by atoms with Gasteiger partial charge in [-0.2, -0.15) is 0 Å². The number of benzene rings is 1. The predicted octanol–water partition coefficient (Wildman–Crippen LogP) is 6.08. The van der Waals surface area contributed by atoms with E-state index in [2.05, 4.69) is 0 Å². The maximum Gasteiger partial charge on any atom is 0.290 e. The molecule has 5 rings (SSSR count). The van der Waals surface area contributed by atoms with E-state index < -0.39 is 22.7 Å². The second-order valence-electron chi connectivity index (χ2n) is 13.4. The minimum Gasteiger partial charge on any atom is -0.449 e. The highest BCUT2D eigenvalue weighted by molar-refractivity contribution is 6.30. The molecule has 42 heavy (non-hydrogen) atoms. The van der Waals surface area contributed by atoms with E-state index in [9.17, 15) is 18.8 Å². The van der Waals surface area contributed by atoms with Crippen molar-refractivity contribution in [2.24, 2.45) is 11.1 Å². The molecular weight excluding hydrogens is 559 g/mol. The third-order valence-corrected chi connectivity index (χ3v) is 9.09. The van der Waals surface area contributed by atoms with Crippen molar-refractivity contribution in [3.8, 4) is 11.3 Å². The fourth-order valence-corrected chi connectivity index (χ4v) is 6.45. The topological polar surface area (TPSA) is 110 Å². The molecule has 3 heterocycles. The van der Waals surface area contributed by atoms with Crippen LogP contribution in [-0.4, -0.2) is 57.7 Å². The van der Waals surface area contributed by atoms with Crippen LogP contribution in [0.2, 0.25) is 5.02 Å². The van der Waals surface area contributed by atoms with Gasteiger partial charge >= 0.3 is 0 Å². The van der Waals surface area contributed by atoms with Crippen LogP contribution in [-0.2, 0) is 15.0 Å². The lowest BCUT2D eigenvalue weighted by atomic mass is 9.81. The molecule has 1 saturated heterocycles. The average molecular weight is 597 g/mol. The lowest BCUT2D eigenvalue weighted by Gasteiger charge is -2.47.